The molecule has 0 radical (unpaired) electrons. The van der Waals surface area contributed by atoms with Gasteiger partial charge in [0.05, 0.1) is 0 Å². The highest BCUT2D eigenvalue weighted by Crippen LogP contribution is 2.31. The smallest absolute Gasteiger partial charge is 0.406 e. The Morgan fingerprint density at radius 3 is 2.19 bits per heavy atom. The highest BCUT2D eigenvalue weighted by molar-refractivity contribution is 5.65. The monoisotopic (exact) mass is 437 g/mol. The molecule has 0 spiro atoms. The lowest BCUT2D eigenvalue weighted by molar-refractivity contribution is -0.274. The van der Waals surface area contributed by atoms with Gasteiger partial charge in [0.15, 0.2) is 11.5 Å². The topological polar surface area (TPSA) is 74.4 Å². The summed E-state index contributed by atoms with van der Waals surface area (Å²) in [7, 11) is 0. The van der Waals surface area contributed by atoms with E-state index in [4.69, 9.17) is 0 Å². The van der Waals surface area contributed by atoms with E-state index in [0.29, 0.717) is 11.1 Å². The third-order valence-electron chi connectivity index (χ3n) is 4.09. The van der Waals surface area contributed by atoms with Crippen molar-refractivity contribution in [2.75, 3.05) is 0 Å². The van der Waals surface area contributed by atoms with E-state index in [1.54, 1.807) is 6.07 Å². The molecule has 4 aromatic rings. The standard InChI is InChI=1S/C19H12F5N5O2/c20-18(21,30-11-15-25-8-1-9-26-15)17-28-27-16-7-4-13(10-29(16)17)12-2-5-14(6-3-12)31-19(22,23)24/h1-10H,11H2. The summed E-state index contributed by atoms with van der Waals surface area (Å²) in [5.41, 5.74) is 1.04. The van der Waals surface area contributed by atoms with Gasteiger partial charge in [-0.2, -0.15) is 8.78 Å². The highest BCUT2D eigenvalue weighted by atomic mass is 19.4. The van der Waals surface area contributed by atoms with Crippen molar-refractivity contribution in [1.82, 2.24) is 24.6 Å². The van der Waals surface area contributed by atoms with Crippen molar-refractivity contribution < 1.29 is 31.4 Å². The van der Waals surface area contributed by atoms with Crippen LogP contribution in [0.3, 0.4) is 0 Å². The Labute approximate surface area is 171 Å². The molecule has 12 heteroatoms. The van der Waals surface area contributed by atoms with Crippen molar-refractivity contribution in [3.8, 4) is 16.9 Å². The number of aromatic nitrogens is 5. The van der Waals surface area contributed by atoms with Gasteiger partial charge < -0.3 is 9.47 Å². The Morgan fingerprint density at radius 1 is 0.839 bits per heavy atom. The molecular formula is C19H12F5N5O2. The molecule has 0 saturated heterocycles. The van der Waals surface area contributed by atoms with Gasteiger partial charge >= 0.3 is 12.5 Å². The molecule has 160 valence electrons. The van der Waals surface area contributed by atoms with Crippen LogP contribution in [0.5, 0.6) is 5.75 Å². The molecule has 0 amide bonds. The molecule has 0 fully saturated rings. The first-order valence-electron chi connectivity index (χ1n) is 8.70. The molecule has 0 atom stereocenters. The molecule has 31 heavy (non-hydrogen) atoms. The lowest BCUT2D eigenvalue weighted by atomic mass is 10.1. The third-order valence-corrected chi connectivity index (χ3v) is 4.09. The van der Waals surface area contributed by atoms with Gasteiger partial charge in [-0.15, -0.1) is 23.4 Å². The van der Waals surface area contributed by atoms with Gasteiger partial charge in [0, 0.05) is 18.6 Å². The Kier molecular flexibility index (Phi) is 5.23. The van der Waals surface area contributed by atoms with Crippen LogP contribution in [0.1, 0.15) is 11.6 Å². The summed E-state index contributed by atoms with van der Waals surface area (Å²) in [4.78, 5) is 7.63. The van der Waals surface area contributed by atoms with E-state index in [0.717, 1.165) is 16.5 Å². The van der Waals surface area contributed by atoms with Crippen LogP contribution in [0.15, 0.2) is 61.1 Å². The van der Waals surface area contributed by atoms with Gasteiger partial charge in [-0.3, -0.25) is 4.40 Å². The summed E-state index contributed by atoms with van der Waals surface area (Å²) >= 11 is 0. The van der Waals surface area contributed by atoms with E-state index in [1.165, 1.54) is 42.9 Å². The van der Waals surface area contributed by atoms with Gasteiger partial charge in [0.25, 0.3) is 0 Å². The number of benzene rings is 1. The summed E-state index contributed by atoms with van der Waals surface area (Å²) in [6, 6.07) is 9.54. The fraction of sp³-hybridized carbons (Fsp3) is 0.158. The molecule has 7 nitrogen and oxygen atoms in total. The Balaban J connectivity index is 1.60. The zero-order chi connectivity index (χ0) is 22.1. The largest absolute Gasteiger partial charge is 0.573 e. The summed E-state index contributed by atoms with van der Waals surface area (Å²) in [5, 5.41) is 7.23. The Bertz CT molecular complexity index is 1180. The maximum atomic E-state index is 14.6. The van der Waals surface area contributed by atoms with Crippen LogP contribution < -0.4 is 4.74 Å². The third kappa shape index (κ3) is 4.74. The maximum absolute atomic E-state index is 14.6. The molecule has 0 aliphatic heterocycles. The van der Waals surface area contributed by atoms with Crippen molar-refractivity contribution in [1.29, 1.82) is 0 Å². The molecule has 1 aromatic carbocycles. The normalized spacial score (nSPS) is 12.3. The first-order chi connectivity index (χ1) is 14.7. The summed E-state index contributed by atoms with van der Waals surface area (Å²) < 4.78 is 75.7. The zero-order valence-electron chi connectivity index (χ0n) is 15.4. The lowest BCUT2D eigenvalue weighted by Gasteiger charge is -2.15. The Hall–Kier alpha value is -3.67. The van der Waals surface area contributed by atoms with E-state index < -0.39 is 30.7 Å². The number of rotatable bonds is 6. The van der Waals surface area contributed by atoms with Crippen molar-refractivity contribution in [2.24, 2.45) is 0 Å². The summed E-state index contributed by atoms with van der Waals surface area (Å²) in [5.74, 6) is -1.10. The first kappa shape index (κ1) is 20.6. The van der Waals surface area contributed by atoms with E-state index in [-0.39, 0.29) is 11.5 Å². The number of halogens is 5. The fourth-order valence-corrected chi connectivity index (χ4v) is 2.73. The zero-order valence-corrected chi connectivity index (χ0v) is 15.4. The molecule has 0 N–H and O–H groups in total. The van der Waals surface area contributed by atoms with E-state index in [1.807, 2.05) is 0 Å². The SMILES string of the molecule is FC(F)(F)Oc1ccc(-c2ccc3nnc(C(F)(F)OCc4ncccn4)n3c2)cc1. The van der Waals surface area contributed by atoms with Crippen LogP contribution in [-0.4, -0.2) is 30.9 Å². The van der Waals surface area contributed by atoms with Crippen LogP contribution in [0.2, 0.25) is 0 Å². The lowest BCUT2D eigenvalue weighted by Crippen LogP contribution is -2.22. The van der Waals surface area contributed by atoms with Crippen molar-refractivity contribution in [2.45, 2.75) is 19.1 Å². The second kappa shape index (κ2) is 7.87. The minimum absolute atomic E-state index is 0.0675. The molecule has 3 aromatic heterocycles. The number of pyridine rings is 1. The number of hydrogen-bond donors (Lipinski definition) is 0. The molecule has 0 saturated carbocycles. The van der Waals surface area contributed by atoms with E-state index in [9.17, 15) is 22.0 Å². The Morgan fingerprint density at radius 2 is 1.52 bits per heavy atom. The number of fused-ring (bicyclic) bond motifs is 1. The van der Waals surface area contributed by atoms with Crippen LogP contribution in [0, 0.1) is 0 Å². The second-order valence-electron chi connectivity index (χ2n) is 6.21. The molecule has 0 bridgehead atoms. The van der Waals surface area contributed by atoms with E-state index in [2.05, 4.69) is 29.6 Å². The number of hydrogen-bond acceptors (Lipinski definition) is 6. The fourth-order valence-electron chi connectivity index (χ4n) is 2.73. The molecule has 0 aliphatic rings. The summed E-state index contributed by atoms with van der Waals surface area (Å²) in [6.07, 6.45) is -4.49. The quantitative estimate of drug-likeness (QED) is 0.418. The number of alkyl halides is 5. The highest BCUT2D eigenvalue weighted by Gasteiger charge is 2.39. The summed E-state index contributed by atoms with van der Waals surface area (Å²) in [6.45, 7) is -0.552. The number of ether oxygens (including phenoxy) is 2. The van der Waals surface area contributed by atoms with Gasteiger partial charge in [0.2, 0.25) is 5.82 Å². The first-order valence-corrected chi connectivity index (χ1v) is 8.70. The van der Waals surface area contributed by atoms with Gasteiger partial charge in [-0.1, -0.05) is 12.1 Å². The number of nitrogens with zero attached hydrogens (tertiary/aromatic N) is 5. The minimum atomic E-state index is -4.81. The van der Waals surface area contributed by atoms with Crippen molar-refractivity contribution in [3.05, 3.63) is 72.7 Å². The predicted octanol–water partition coefficient (Wildman–Crippen LogP) is 4.35. The van der Waals surface area contributed by atoms with Gasteiger partial charge in [-0.05, 0) is 41.5 Å². The molecule has 4 rings (SSSR count). The van der Waals surface area contributed by atoms with Gasteiger partial charge in [-0.25, -0.2) is 9.97 Å². The molecule has 0 unspecified atom stereocenters. The average molecular weight is 437 g/mol. The van der Waals surface area contributed by atoms with Crippen LogP contribution >= 0.6 is 0 Å². The molecular weight excluding hydrogens is 425 g/mol. The molecule has 3 heterocycles. The van der Waals surface area contributed by atoms with Crippen molar-refractivity contribution >= 4 is 5.65 Å². The van der Waals surface area contributed by atoms with Crippen LogP contribution in [0.4, 0.5) is 22.0 Å². The van der Waals surface area contributed by atoms with Gasteiger partial charge in [0.1, 0.15) is 12.4 Å². The van der Waals surface area contributed by atoms with Crippen LogP contribution in [0.25, 0.3) is 16.8 Å². The molecule has 0 aliphatic carbocycles. The van der Waals surface area contributed by atoms with Crippen LogP contribution in [-0.2, 0) is 17.5 Å². The van der Waals surface area contributed by atoms with E-state index >= 15 is 0 Å². The van der Waals surface area contributed by atoms with Crippen molar-refractivity contribution in [3.63, 3.8) is 0 Å². The minimum Gasteiger partial charge on any atom is -0.406 e. The predicted molar refractivity (Wildman–Crippen MR) is 95.8 cm³/mol. The average Bonchev–Trinajstić information content (AvgIpc) is 3.17. The second-order valence-corrected chi connectivity index (χ2v) is 6.21. The maximum Gasteiger partial charge on any atom is 0.573 e.